The number of benzene rings is 2. The Morgan fingerprint density at radius 2 is 0.897 bits per heavy atom. The first kappa shape index (κ1) is 23.0. The van der Waals surface area contributed by atoms with Gasteiger partial charge in [0.2, 0.25) is 0 Å². The van der Waals surface area contributed by atoms with Crippen LogP contribution in [0, 0.1) is 0 Å². The van der Waals surface area contributed by atoms with E-state index >= 15 is 0 Å². The number of carbonyl (C=O) groups excluding carboxylic acids is 4. The highest BCUT2D eigenvalue weighted by Crippen LogP contribution is 2.36. The van der Waals surface area contributed by atoms with Gasteiger partial charge in [0.05, 0.1) is 31.2 Å². The van der Waals surface area contributed by atoms with Crippen LogP contribution in [-0.4, -0.2) is 23.9 Å². The molecule has 0 saturated carbocycles. The molecule has 152 valence electrons. The smallest absolute Gasteiger partial charge is 0.346 e. The molecule has 0 atom stereocenters. The molecule has 0 radical (unpaired) electrons. The molecule has 0 saturated heterocycles. The third kappa shape index (κ3) is 5.83. The van der Waals surface area contributed by atoms with Crippen LogP contribution in [0.15, 0.2) is 24.3 Å². The number of hydrogen-bond donors (Lipinski definition) is 0. The summed E-state index contributed by atoms with van der Waals surface area (Å²) in [5.74, 6) is -3.75. The summed E-state index contributed by atoms with van der Waals surface area (Å²) in [5.41, 5.74) is -0.337. The minimum absolute atomic E-state index is 0.135. The van der Waals surface area contributed by atoms with Crippen molar-refractivity contribution < 1.29 is 33.4 Å². The largest absolute Gasteiger partial charge is 0.424 e. The molecule has 0 aliphatic rings. The van der Waals surface area contributed by atoms with E-state index in [1.54, 1.807) is 0 Å². The molecular formula is C18H10Cl4O7. The van der Waals surface area contributed by atoms with Gasteiger partial charge in [-0.25, -0.2) is 9.59 Å². The molecule has 0 spiro atoms. The SMILES string of the molecule is CC(=O)Oc1c(Cl)cc(C(=O)OC(=O)c2cc(Cl)c(OC(C)=O)c(Cl)c2)cc1Cl. The van der Waals surface area contributed by atoms with Crippen LogP contribution in [0.1, 0.15) is 34.6 Å². The van der Waals surface area contributed by atoms with Crippen LogP contribution in [0.3, 0.4) is 0 Å². The lowest BCUT2D eigenvalue weighted by Gasteiger charge is -2.10. The first-order valence-corrected chi connectivity index (χ1v) is 9.12. The Bertz CT molecular complexity index is 905. The molecule has 0 N–H and O–H groups in total. The van der Waals surface area contributed by atoms with Crippen LogP contribution < -0.4 is 9.47 Å². The normalized spacial score (nSPS) is 10.3. The summed E-state index contributed by atoms with van der Waals surface area (Å²) in [5, 5.41) is -0.541. The fraction of sp³-hybridized carbons (Fsp3) is 0.111. The number of carbonyl (C=O) groups is 4. The first-order chi connectivity index (χ1) is 13.5. The molecule has 2 rings (SSSR count). The number of ether oxygens (including phenoxy) is 3. The minimum atomic E-state index is -1.08. The summed E-state index contributed by atoms with van der Waals surface area (Å²) in [7, 11) is 0. The van der Waals surface area contributed by atoms with Gasteiger partial charge in [0.1, 0.15) is 0 Å². The third-order valence-electron chi connectivity index (χ3n) is 3.14. The van der Waals surface area contributed by atoms with E-state index in [0.29, 0.717) is 0 Å². The second-order valence-corrected chi connectivity index (χ2v) is 7.03. The van der Waals surface area contributed by atoms with Gasteiger partial charge in [-0.1, -0.05) is 46.4 Å². The molecule has 0 fully saturated rings. The highest BCUT2D eigenvalue weighted by Gasteiger charge is 2.22. The number of halogens is 4. The molecule has 0 amide bonds. The van der Waals surface area contributed by atoms with E-state index in [1.165, 1.54) is 0 Å². The zero-order valence-corrected chi connectivity index (χ0v) is 17.7. The Labute approximate surface area is 184 Å². The van der Waals surface area contributed by atoms with Gasteiger partial charge in [-0.05, 0) is 24.3 Å². The van der Waals surface area contributed by atoms with Crippen LogP contribution in [0.4, 0.5) is 0 Å². The van der Waals surface area contributed by atoms with Crippen molar-refractivity contribution in [2.24, 2.45) is 0 Å². The van der Waals surface area contributed by atoms with Crippen LogP contribution >= 0.6 is 46.4 Å². The van der Waals surface area contributed by atoms with Crippen molar-refractivity contribution >= 4 is 70.3 Å². The molecular weight excluding hydrogens is 470 g/mol. The van der Waals surface area contributed by atoms with Gasteiger partial charge in [0, 0.05) is 13.8 Å². The van der Waals surface area contributed by atoms with Crippen molar-refractivity contribution in [1.82, 2.24) is 0 Å². The van der Waals surface area contributed by atoms with Gasteiger partial charge in [0.15, 0.2) is 11.5 Å². The van der Waals surface area contributed by atoms with Gasteiger partial charge < -0.3 is 14.2 Å². The monoisotopic (exact) mass is 478 g/mol. The van der Waals surface area contributed by atoms with E-state index in [4.69, 9.17) is 60.6 Å². The van der Waals surface area contributed by atoms with E-state index in [-0.39, 0.29) is 42.7 Å². The molecule has 0 aromatic heterocycles. The highest BCUT2D eigenvalue weighted by atomic mass is 35.5. The van der Waals surface area contributed by atoms with E-state index in [1.807, 2.05) is 0 Å². The standard InChI is InChI=1S/C18H10Cl4O7/c1-7(23)27-15-11(19)3-9(4-12(15)20)17(25)29-18(26)10-5-13(21)16(14(22)6-10)28-8(2)24/h3-6H,1-2H3. The fourth-order valence-electron chi connectivity index (χ4n) is 2.04. The summed E-state index contributed by atoms with van der Waals surface area (Å²) in [4.78, 5) is 46.6. The van der Waals surface area contributed by atoms with Gasteiger partial charge in [-0.15, -0.1) is 0 Å². The van der Waals surface area contributed by atoms with Gasteiger partial charge >= 0.3 is 23.9 Å². The Morgan fingerprint density at radius 1 is 0.621 bits per heavy atom. The van der Waals surface area contributed by atoms with Gasteiger partial charge in [-0.3, -0.25) is 9.59 Å². The number of rotatable bonds is 4. The van der Waals surface area contributed by atoms with Crippen molar-refractivity contribution in [3.05, 3.63) is 55.5 Å². The average Bonchev–Trinajstić information content (AvgIpc) is 2.60. The van der Waals surface area contributed by atoms with E-state index in [9.17, 15) is 19.2 Å². The van der Waals surface area contributed by atoms with Crippen molar-refractivity contribution in [3.63, 3.8) is 0 Å². The molecule has 2 aromatic carbocycles. The Hall–Kier alpha value is -2.32. The zero-order chi connectivity index (χ0) is 21.9. The Balaban J connectivity index is 2.24. The molecule has 11 heteroatoms. The van der Waals surface area contributed by atoms with Gasteiger partial charge in [-0.2, -0.15) is 0 Å². The molecule has 0 bridgehead atoms. The quantitative estimate of drug-likeness (QED) is 0.340. The average molecular weight is 480 g/mol. The van der Waals surface area contributed by atoms with Crippen molar-refractivity contribution in [2.45, 2.75) is 13.8 Å². The Morgan fingerprint density at radius 3 is 1.14 bits per heavy atom. The van der Waals surface area contributed by atoms with Crippen LogP contribution in [0.2, 0.25) is 20.1 Å². The first-order valence-electron chi connectivity index (χ1n) is 7.61. The predicted molar refractivity (Wildman–Crippen MR) is 105 cm³/mol. The second-order valence-electron chi connectivity index (χ2n) is 5.40. The fourth-order valence-corrected chi connectivity index (χ4v) is 3.17. The predicted octanol–water partition coefficient (Wildman–Crippen LogP) is 5.15. The summed E-state index contributed by atoms with van der Waals surface area (Å²) in [6.45, 7) is 2.30. The lowest BCUT2D eigenvalue weighted by Crippen LogP contribution is -2.14. The minimum Gasteiger partial charge on any atom is -0.424 e. The summed E-state index contributed by atoms with van der Waals surface area (Å²) in [6, 6.07) is 4.46. The number of hydrogen-bond acceptors (Lipinski definition) is 7. The second kappa shape index (κ2) is 9.45. The Kier molecular flexibility index (Phi) is 7.48. The van der Waals surface area contributed by atoms with Crippen molar-refractivity contribution in [1.29, 1.82) is 0 Å². The zero-order valence-electron chi connectivity index (χ0n) is 14.7. The molecule has 0 aliphatic heterocycles. The van der Waals surface area contributed by atoms with Gasteiger partial charge in [0.25, 0.3) is 0 Å². The molecule has 29 heavy (non-hydrogen) atoms. The maximum atomic E-state index is 12.2. The van der Waals surface area contributed by atoms with E-state index in [0.717, 1.165) is 38.1 Å². The summed E-state index contributed by atoms with van der Waals surface area (Å²) in [6.07, 6.45) is 0. The molecule has 7 nitrogen and oxygen atoms in total. The lowest BCUT2D eigenvalue weighted by molar-refractivity contribution is -0.132. The molecule has 2 aromatic rings. The van der Waals surface area contributed by atoms with Crippen LogP contribution in [0.25, 0.3) is 0 Å². The maximum absolute atomic E-state index is 12.2. The number of esters is 4. The third-order valence-corrected chi connectivity index (χ3v) is 4.27. The lowest BCUT2D eigenvalue weighted by atomic mass is 10.2. The topological polar surface area (TPSA) is 96.0 Å². The van der Waals surface area contributed by atoms with Crippen LogP contribution in [0.5, 0.6) is 11.5 Å². The van der Waals surface area contributed by atoms with E-state index < -0.39 is 23.9 Å². The molecule has 0 heterocycles. The van der Waals surface area contributed by atoms with Crippen molar-refractivity contribution in [3.8, 4) is 11.5 Å². The summed E-state index contributed by atoms with van der Waals surface area (Å²) >= 11 is 23.8. The maximum Gasteiger partial charge on any atom is 0.346 e. The summed E-state index contributed by atoms with van der Waals surface area (Å²) < 4.78 is 14.4. The van der Waals surface area contributed by atoms with Crippen molar-refractivity contribution in [2.75, 3.05) is 0 Å². The van der Waals surface area contributed by atoms with E-state index in [2.05, 4.69) is 0 Å². The molecule has 0 unspecified atom stereocenters. The molecule has 0 aliphatic carbocycles. The van der Waals surface area contributed by atoms with Crippen LogP contribution in [-0.2, 0) is 14.3 Å². The highest BCUT2D eigenvalue weighted by molar-refractivity contribution is 6.38.